The van der Waals surface area contributed by atoms with E-state index in [0.29, 0.717) is 6.54 Å². The highest BCUT2D eigenvalue weighted by atomic mass is 16.5. The second-order valence-electron chi connectivity index (χ2n) is 5.43. The third kappa shape index (κ3) is 7.03. The summed E-state index contributed by atoms with van der Waals surface area (Å²) < 4.78 is 6.57. The van der Waals surface area contributed by atoms with Crippen molar-refractivity contribution in [3.8, 4) is 0 Å². The largest absolute Gasteiger partial charge is 0.453 e. The third-order valence-corrected chi connectivity index (χ3v) is 3.70. The number of carbonyl (C=O) groups is 1. The first-order valence-electron chi connectivity index (χ1n) is 8.54. The number of rotatable bonds is 7. The zero-order valence-electron chi connectivity index (χ0n) is 15.8. The summed E-state index contributed by atoms with van der Waals surface area (Å²) in [6.07, 6.45) is 2.81. The van der Waals surface area contributed by atoms with Crippen LogP contribution in [0.4, 0.5) is 4.79 Å². The molecule has 1 unspecified atom stereocenters. The quantitative estimate of drug-likeness (QED) is 0.834. The molecule has 6 nitrogen and oxygen atoms in total. The maximum Gasteiger partial charge on any atom is 0.406 e. The molecular formula is C17H34N4O2. The van der Waals surface area contributed by atoms with Crippen molar-refractivity contribution in [2.45, 2.75) is 60.5 Å². The Hall–Kier alpha value is -1.56. The minimum absolute atomic E-state index is 0.278. The van der Waals surface area contributed by atoms with E-state index >= 15 is 0 Å². The lowest BCUT2D eigenvalue weighted by Gasteiger charge is -2.27. The third-order valence-electron chi connectivity index (χ3n) is 3.70. The molecule has 0 saturated carbocycles. The van der Waals surface area contributed by atoms with Gasteiger partial charge >= 0.3 is 6.09 Å². The lowest BCUT2D eigenvalue weighted by atomic mass is 10.1. The molecule has 0 fully saturated rings. The van der Waals surface area contributed by atoms with Crippen LogP contribution in [-0.4, -0.2) is 47.5 Å². The summed E-state index contributed by atoms with van der Waals surface area (Å²) in [6, 6.07) is 0.278. The van der Waals surface area contributed by atoms with Gasteiger partial charge in [0.25, 0.3) is 0 Å². The van der Waals surface area contributed by atoms with Crippen LogP contribution in [0.3, 0.4) is 0 Å². The SMILES string of the molecule is CCC.CCN(CCNC(=O)OC)C(C)c1cnn(CC)c1C. The van der Waals surface area contributed by atoms with Crippen molar-refractivity contribution >= 4 is 6.09 Å². The average molecular weight is 326 g/mol. The van der Waals surface area contributed by atoms with Crippen LogP contribution in [0.2, 0.25) is 0 Å². The molecule has 0 bridgehead atoms. The maximum atomic E-state index is 11.1. The Balaban J connectivity index is 0.00000149. The Morgan fingerprint density at radius 1 is 1.39 bits per heavy atom. The molecule has 0 aliphatic rings. The Morgan fingerprint density at radius 2 is 2.00 bits per heavy atom. The first-order valence-corrected chi connectivity index (χ1v) is 8.54. The molecule has 0 aliphatic carbocycles. The van der Waals surface area contributed by atoms with Gasteiger partial charge in [0.1, 0.15) is 0 Å². The van der Waals surface area contributed by atoms with Gasteiger partial charge in [0.15, 0.2) is 0 Å². The van der Waals surface area contributed by atoms with E-state index in [9.17, 15) is 4.79 Å². The molecule has 0 spiro atoms. The number of nitrogens with zero attached hydrogens (tertiary/aromatic N) is 3. The first kappa shape index (κ1) is 21.4. The van der Waals surface area contributed by atoms with Crippen LogP contribution in [0.5, 0.6) is 0 Å². The Bertz CT molecular complexity index is 446. The van der Waals surface area contributed by atoms with E-state index in [1.54, 1.807) is 0 Å². The van der Waals surface area contributed by atoms with E-state index in [0.717, 1.165) is 19.6 Å². The van der Waals surface area contributed by atoms with Gasteiger partial charge in [-0.15, -0.1) is 0 Å². The molecule has 0 aliphatic heterocycles. The lowest BCUT2D eigenvalue weighted by Crippen LogP contribution is -2.36. The summed E-state index contributed by atoms with van der Waals surface area (Å²) in [6.45, 7) is 15.9. The van der Waals surface area contributed by atoms with Crippen LogP contribution in [0.15, 0.2) is 6.20 Å². The van der Waals surface area contributed by atoms with Gasteiger partial charge in [-0.3, -0.25) is 9.58 Å². The highest BCUT2D eigenvalue weighted by Crippen LogP contribution is 2.22. The van der Waals surface area contributed by atoms with E-state index in [1.807, 2.05) is 10.9 Å². The number of aryl methyl sites for hydroxylation is 1. The van der Waals surface area contributed by atoms with Crippen LogP contribution in [0, 0.1) is 6.92 Å². The van der Waals surface area contributed by atoms with Crippen molar-refractivity contribution in [2.75, 3.05) is 26.7 Å². The number of methoxy groups -OCH3 is 1. The van der Waals surface area contributed by atoms with Crippen LogP contribution in [-0.2, 0) is 11.3 Å². The fourth-order valence-electron chi connectivity index (χ4n) is 2.39. The molecule has 134 valence electrons. The van der Waals surface area contributed by atoms with Crippen LogP contribution in [0.1, 0.15) is 58.3 Å². The molecule has 23 heavy (non-hydrogen) atoms. The normalized spacial score (nSPS) is 11.7. The smallest absolute Gasteiger partial charge is 0.406 e. The molecule has 1 N–H and O–H groups in total. The van der Waals surface area contributed by atoms with Crippen molar-refractivity contribution in [1.82, 2.24) is 20.0 Å². The standard InChI is InChI=1S/C14H26N4O2.C3H8/c1-6-17(9-8-15-14(19)20-5)11(3)13-10-16-18(7-2)12(13)4;1-3-2/h10-11H,6-9H2,1-5H3,(H,15,19);3H2,1-2H3. The van der Waals surface area contributed by atoms with Gasteiger partial charge in [-0.1, -0.05) is 27.2 Å². The number of alkyl carbamates (subject to hydrolysis) is 1. The first-order chi connectivity index (χ1) is 11.0. The van der Waals surface area contributed by atoms with Gasteiger partial charge in [-0.2, -0.15) is 5.10 Å². The molecule has 1 amide bonds. The van der Waals surface area contributed by atoms with Gasteiger partial charge in [0, 0.05) is 36.9 Å². The summed E-state index contributed by atoms with van der Waals surface area (Å²) in [7, 11) is 1.37. The average Bonchev–Trinajstić information content (AvgIpc) is 2.92. The van der Waals surface area contributed by atoms with E-state index < -0.39 is 0 Å². The van der Waals surface area contributed by atoms with Gasteiger partial charge < -0.3 is 10.1 Å². The predicted octanol–water partition coefficient (Wildman–Crippen LogP) is 3.37. The number of carbonyl (C=O) groups excluding carboxylic acids is 1. The molecule has 0 saturated heterocycles. The number of nitrogens with one attached hydrogen (secondary N) is 1. The van der Waals surface area contributed by atoms with Crippen LogP contribution >= 0.6 is 0 Å². The zero-order valence-corrected chi connectivity index (χ0v) is 15.8. The topological polar surface area (TPSA) is 59.4 Å². The fourth-order valence-corrected chi connectivity index (χ4v) is 2.39. The van der Waals surface area contributed by atoms with Crippen LogP contribution in [0.25, 0.3) is 0 Å². The highest BCUT2D eigenvalue weighted by molar-refractivity contribution is 5.66. The van der Waals surface area contributed by atoms with Gasteiger partial charge in [0.05, 0.1) is 13.3 Å². The summed E-state index contributed by atoms with van der Waals surface area (Å²) in [4.78, 5) is 13.4. The van der Waals surface area contributed by atoms with Crippen molar-refractivity contribution in [3.63, 3.8) is 0 Å². The summed E-state index contributed by atoms with van der Waals surface area (Å²) >= 11 is 0. The molecule has 6 heteroatoms. The summed E-state index contributed by atoms with van der Waals surface area (Å²) in [5.74, 6) is 0. The number of aromatic nitrogens is 2. The van der Waals surface area contributed by atoms with E-state index in [-0.39, 0.29) is 12.1 Å². The number of amides is 1. The number of ether oxygens (including phenoxy) is 1. The van der Waals surface area contributed by atoms with Gasteiger partial charge in [-0.05, 0) is 27.3 Å². The molecule has 1 aromatic rings. The minimum Gasteiger partial charge on any atom is -0.453 e. The highest BCUT2D eigenvalue weighted by Gasteiger charge is 2.18. The monoisotopic (exact) mass is 326 g/mol. The van der Waals surface area contributed by atoms with Crippen molar-refractivity contribution in [3.05, 3.63) is 17.5 Å². The molecular weight excluding hydrogens is 292 g/mol. The Kier molecular flexibility index (Phi) is 11.1. The molecule has 1 heterocycles. The van der Waals surface area contributed by atoms with Crippen LogP contribution < -0.4 is 5.32 Å². The lowest BCUT2D eigenvalue weighted by molar-refractivity contribution is 0.165. The number of hydrogen-bond donors (Lipinski definition) is 1. The maximum absolute atomic E-state index is 11.1. The van der Waals surface area contributed by atoms with E-state index in [2.05, 4.69) is 61.6 Å². The summed E-state index contributed by atoms with van der Waals surface area (Å²) in [5.41, 5.74) is 2.45. The van der Waals surface area contributed by atoms with Gasteiger partial charge in [0.2, 0.25) is 0 Å². The van der Waals surface area contributed by atoms with Crippen molar-refractivity contribution in [1.29, 1.82) is 0 Å². The molecule has 1 atom stereocenters. The second-order valence-corrected chi connectivity index (χ2v) is 5.43. The predicted molar refractivity (Wildman–Crippen MR) is 94.7 cm³/mol. The van der Waals surface area contributed by atoms with Crippen molar-refractivity contribution in [2.24, 2.45) is 0 Å². The zero-order chi connectivity index (χ0) is 17.8. The summed E-state index contributed by atoms with van der Waals surface area (Å²) in [5, 5.41) is 7.10. The fraction of sp³-hybridized carbons (Fsp3) is 0.765. The number of hydrogen-bond acceptors (Lipinski definition) is 4. The van der Waals surface area contributed by atoms with Crippen molar-refractivity contribution < 1.29 is 9.53 Å². The Morgan fingerprint density at radius 3 is 2.43 bits per heavy atom. The van der Waals surface area contributed by atoms with E-state index in [1.165, 1.54) is 24.8 Å². The van der Waals surface area contributed by atoms with Gasteiger partial charge in [-0.25, -0.2) is 4.79 Å². The molecule has 0 aromatic carbocycles. The Labute approximate surface area is 141 Å². The van der Waals surface area contributed by atoms with E-state index in [4.69, 9.17) is 0 Å². The second kappa shape index (κ2) is 11.9. The molecule has 0 radical (unpaired) electrons. The minimum atomic E-state index is -0.385. The molecule has 1 aromatic heterocycles. The number of likely N-dealkylation sites (N-methyl/N-ethyl adjacent to an activating group) is 1. The molecule has 1 rings (SSSR count).